The number of hydrogen-bond acceptors (Lipinski definition) is 4. The Bertz CT molecular complexity index is 1040. The summed E-state index contributed by atoms with van der Waals surface area (Å²) in [5.74, 6) is 0.743. The molecule has 170 valence electrons. The van der Waals surface area contributed by atoms with Crippen molar-refractivity contribution in [2.75, 3.05) is 19.0 Å². The van der Waals surface area contributed by atoms with Crippen LogP contribution in [-0.2, 0) is 5.41 Å². The Hall–Kier alpha value is -3.08. The summed E-state index contributed by atoms with van der Waals surface area (Å²) in [7, 11) is 3.99. The molecule has 1 amide bonds. The molecule has 0 saturated carbocycles. The zero-order valence-electron chi connectivity index (χ0n) is 20.3. The molecule has 0 unspecified atom stereocenters. The molecule has 2 aromatic carbocycles. The van der Waals surface area contributed by atoms with E-state index in [9.17, 15) is 4.79 Å². The molecular weight excluding hydrogens is 398 g/mol. The molecule has 0 bridgehead atoms. The largest absolute Gasteiger partial charge is 0.435 e. The van der Waals surface area contributed by atoms with E-state index in [0.717, 1.165) is 29.7 Å². The van der Waals surface area contributed by atoms with E-state index in [0.29, 0.717) is 17.3 Å². The fraction of sp³-hybridized carbons (Fsp3) is 0.407. The van der Waals surface area contributed by atoms with Crippen molar-refractivity contribution in [2.45, 2.75) is 58.9 Å². The van der Waals surface area contributed by atoms with E-state index in [1.165, 1.54) is 5.56 Å². The number of oxazole rings is 1. The van der Waals surface area contributed by atoms with Gasteiger partial charge < -0.3 is 14.6 Å². The standard InChI is InChI=1S/C27H35N3O2/c1-8-21(9-2)28-25(31)23-24(18-12-16-22(17-13-18)30(6)7)32-26(29-23)19-10-14-20(15-11-19)27(3,4)5/h10-17,21H,8-9H2,1-7H3,(H,28,31). The first kappa shape index (κ1) is 23.6. The van der Waals surface area contributed by atoms with Crippen molar-refractivity contribution < 1.29 is 9.21 Å². The van der Waals surface area contributed by atoms with Crippen molar-refractivity contribution in [1.29, 1.82) is 0 Å². The molecule has 5 nitrogen and oxygen atoms in total. The molecule has 3 aromatic rings. The van der Waals surface area contributed by atoms with Crippen LogP contribution in [0.3, 0.4) is 0 Å². The zero-order chi connectivity index (χ0) is 23.5. The van der Waals surface area contributed by atoms with Gasteiger partial charge in [-0.3, -0.25) is 4.79 Å². The highest BCUT2D eigenvalue weighted by Crippen LogP contribution is 2.32. The van der Waals surface area contributed by atoms with Gasteiger partial charge in [-0.05, 0) is 60.2 Å². The fourth-order valence-corrected chi connectivity index (χ4v) is 3.56. The van der Waals surface area contributed by atoms with Crippen LogP contribution in [0.15, 0.2) is 52.9 Å². The maximum atomic E-state index is 13.1. The Morgan fingerprint density at radius 2 is 1.53 bits per heavy atom. The molecule has 0 radical (unpaired) electrons. The molecule has 0 atom stereocenters. The number of carbonyl (C=O) groups is 1. The van der Waals surface area contributed by atoms with Crippen molar-refractivity contribution in [3.63, 3.8) is 0 Å². The summed E-state index contributed by atoms with van der Waals surface area (Å²) in [5.41, 5.74) is 4.38. The Kier molecular flexibility index (Phi) is 7.07. The monoisotopic (exact) mass is 433 g/mol. The molecule has 3 rings (SSSR count). The molecule has 0 aliphatic carbocycles. The minimum atomic E-state index is -0.202. The van der Waals surface area contributed by atoms with Crippen LogP contribution in [-0.4, -0.2) is 31.0 Å². The molecule has 0 spiro atoms. The van der Waals surface area contributed by atoms with Gasteiger partial charge in [-0.1, -0.05) is 46.8 Å². The Morgan fingerprint density at radius 1 is 0.969 bits per heavy atom. The summed E-state index contributed by atoms with van der Waals surface area (Å²) in [4.78, 5) is 19.8. The molecule has 32 heavy (non-hydrogen) atoms. The van der Waals surface area contributed by atoms with E-state index >= 15 is 0 Å². The van der Waals surface area contributed by atoms with E-state index in [4.69, 9.17) is 4.42 Å². The van der Waals surface area contributed by atoms with Crippen LogP contribution < -0.4 is 10.2 Å². The molecule has 0 aliphatic heterocycles. The lowest BCUT2D eigenvalue weighted by molar-refractivity contribution is 0.0930. The smallest absolute Gasteiger partial charge is 0.274 e. The normalized spacial score (nSPS) is 11.6. The van der Waals surface area contributed by atoms with Crippen LogP contribution in [0.5, 0.6) is 0 Å². The highest BCUT2D eigenvalue weighted by Gasteiger charge is 2.24. The Labute approximate surface area is 191 Å². The lowest BCUT2D eigenvalue weighted by Crippen LogP contribution is -2.34. The zero-order valence-corrected chi connectivity index (χ0v) is 20.3. The van der Waals surface area contributed by atoms with Crippen LogP contribution >= 0.6 is 0 Å². The third-order valence-corrected chi connectivity index (χ3v) is 5.81. The maximum Gasteiger partial charge on any atom is 0.274 e. The van der Waals surface area contributed by atoms with Gasteiger partial charge in [0.2, 0.25) is 5.89 Å². The van der Waals surface area contributed by atoms with E-state index in [2.05, 4.69) is 57.1 Å². The second kappa shape index (κ2) is 9.60. The average Bonchev–Trinajstić information content (AvgIpc) is 3.22. The summed E-state index contributed by atoms with van der Waals surface area (Å²) in [6.45, 7) is 10.7. The van der Waals surface area contributed by atoms with Crippen molar-refractivity contribution in [3.8, 4) is 22.8 Å². The number of nitrogens with one attached hydrogen (secondary N) is 1. The van der Waals surface area contributed by atoms with Crippen LogP contribution in [0.4, 0.5) is 5.69 Å². The number of hydrogen-bond donors (Lipinski definition) is 1. The van der Waals surface area contributed by atoms with Crippen LogP contribution in [0.25, 0.3) is 22.8 Å². The highest BCUT2D eigenvalue weighted by molar-refractivity contribution is 5.98. The van der Waals surface area contributed by atoms with E-state index in [1.807, 2.05) is 55.4 Å². The third kappa shape index (κ3) is 5.21. The van der Waals surface area contributed by atoms with Gasteiger partial charge in [-0.15, -0.1) is 0 Å². The van der Waals surface area contributed by atoms with Crippen molar-refractivity contribution in [3.05, 3.63) is 59.8 Å². The van der Waals surface area contributed by atoms with Crippen LogP contribution in [0.2, 0.25) is 0 Å². The van der Waals surface area contributed by atoms with E-state index in [-0.39, 0.29) is 17.4 Å². The topological polar surface area (TPSA) is 58.4 Å². The average molecular weight is 434 g/mol. The second-order valence-electron chi connectivity index (χ2n) is 9.45. The quantitative estimate of drug-likeness (QED) is 0.476. The first-order valence-corrected chi connectivity index (χ1v) is 11.3. The molecular formula is C27H35N3O2. The van der Waals surface area contributed by atoms with Gasteiger partial charge in [-0.25, -0.2) is 4.98 Å². The van der Waals surface area contributed by atoms with Crippen molar-refractivity contribution in [2.24, 2.45) is 0 Å². The molecule has 1 heterocycles. The number of carbonyl (C=O) groups excluding carboxylic acids is 1. The van der Waals surface area contributed by atoms with Gasteiger partial charge in [0, 0.05) is 37.0 Å². The number of anilines is 1. The molecule has 0 saturated heterocycles. The highest BCUT2D eigenvalue weighted by atomic mass is 16.4. The summed E-state index contributed by atoms with van der Waals surface area (Å²) in [6, 6.07) is 16.3. The Balaban J connectivity index is 2.04. The van der Waals surface area contributed by atoms with Gasteiger partial charge in [0.1, 0.15) is 0 Å². The molecule has 0 fully saturated rings. The van der Waals surface area contributed by atoms with Crippen LogP contribution in [0, 0.1) is 0 Å². The second-order valence-corrected chi connectivity index (χ2v) is 9.45. The number of aromatic nitrogens is 1. The summed E-state index contributed by atoms with van der Waals surface area (Å²) >= 11 is 0. The predicted molar refractivity (Wildman–Crippen MR) is 132 cm³/mol. The third-order valence-electron chi connectivity index (χ3n) is 5.81. The molecule has 1 N–H and O–H groups in total. The number of benzene rings is 2. The lowest BCUT2D eigenvalue weighted by atomic mass is 9.87. The van der Waals surface area contributed by atoms with Gasteiger partial charge in [0.25, 0.3) is 5.91 Å². The maximum absolute atomic E-state index is 13.1. The summed E-state index contributed by atoms with van der Waals surface area (Å²) < 4.78 is 6.20. The van der Waals surface area contributed by atoms with Gasteiger partial charge in [0.15, 0.2) is 11.5 Å². The number of rotatable bonds is 7. The predicted octanol–water partition coefficient (Wildman–Crippen LogP) is 6.29. The first-order chi connectivity index (χ1) is 15.1. The molecule has 1 aromatic heterocycles. The SMILES string of the molecule is CCC(CC)NC(=O)c1nc(-c2ccc(C(C)(C)C)cc2)oc1-c1ccc(N(C)C)cc1. The van der Waals surface area contributed by atoms with Crippen LogP contribution in [0.1, 0.15) is 63.5 Å². The van der Waals surface area contributed by atoms with E-state index in [1.54, 1.807) is 0 Å². The van der Waals surface area contributed by atoms with Crippen molar-refractivity contribution in [1.82, 2.24) is 10.3 Å². The van der Waals surface area contributed by atoms with Crippen molar-refractivity contribution >= 4 is 11.6 Å². The summed E-state index contributed by atoms with van der Waals surface area (Å²) in [6.07, 6.45) is 1.74. The van der Waals surface area contributed by atoms with Gasteiger partial charge in [0.05, 0.1) is 0 Å². The summed E-state index contributed by atoms with van der Waals surface area (Å²) in [5, 5.41) is 3.10. The first-order valence-electron chi connectivity index (χ1n) is 11.3. The lowest BCUT2D eigenvalue weighted by Gasteiger charge is -2.18. The number of nitrogens with zero attached hydrogens (tertiary/aromatic N) is 2. The Morgan fingerprint density at radius 3 is 2.03 bits per heavy atom. The molecule has 5 heteroatoms. The molecule has 0 aliphatic rings. The van der Waals surface area contributed by atoms with Gasteiger partial charge in [-0.2, -0.15) is 0 Å². The minimum Gasteiger partial charge on any atom is -0.435 e. The van der Waals surface area contributed by atoms with E-state index < -0.39 is 0 Å². The number of amides is 1. The minimum absolute atomic E-state index is 0.0643. The van der Waals surface area contributed by atoms with Gasteiger partial charge >= 0.3 is 0 Å². The fourth-order valence-electron chi connectivity index (χ4n) is 3.56.